The summed E-state index contributed by atoms with van der Waals surface area (Å²) in [6.07, 6.45) is 7.20. The van der Waals surface area contributed by atoms with Gasteiger partial charge in [0.15, 0.2) is 5.82 Å². The lowest BCUT2D eigenvalue weighted by molar-refractivity contribution is 0.398. The van der Waals surface area contributed by atoms with Crippen LogP contribution in [0.1, 0.15) is 63.5 Å². The summed E-state index contributed by atoms with van der Waals surface area (Å²) in [5, 5.41) is 14.3. The molecular formula is C20H25N3O2. The van der Waals surface area contributed by atoms with E-state index in [0.717, 1.165) is 41.7 Å². The summed E-state index contributed by atoms with van der Waals surface area (Å²) in [4.78, 5) is 9.13. The van der Waals surface area contributed by atoms with E-state index < -0.39 is 0 Å². The summed E-state index contributed by atoms with van der Waals surface area (Å²) < 4.78 is 5.50. The van der Waals surface area contributed by atoms with Crippen LogP contribution in [0.2, 0.25) is 0 Å². The van der Waals surface area contributed by atoms with Crippen LogP contribution in [-0.4, -0.2) is 20.2 Å². The van der Waals surface area contributed by atoms with E-state index in [0.29, 0.717) is 23.9 Å². The Kier molecular flexibility index (Phi) is 5.02. The largest absolute Gasteiger partial charge is 0.508 e. The highest BCUT2D eigenvalue weighted by atomic mass is 16.5. The normalized spacial score (nSPS) is 17.8. The Bertz CT molecular complexity index is 833. The molecule has 0 aliphatic heterocycles. The number of aliphatic hydroxyl groups is 1. The highest BCUT2D eigenvalue weighted by Crippen LogP contribution is 2.34. The van der Waals surface area contributed by atoms with E-state index in [1.165, 1.54) is 5.56 Å². The highest BCUT2D eigenvalue weighted by Gasteiger charge is 2.24. The van der Waals surface area contributed by atoms with Gasteiger partial charge in [0, 0.05) is 17.8 Å². The first-order valence-electron chi connectivity index (χ1n) is 8.98. The van der Waals surface area contributed by atoms with Crippen LogP contribution in [0, 0.1) is 0 Å². The van der Waals surface area contributed by atoms with Crippen LogP contribution >= 0.6 is 0 Å². The average Bonchev–Trinajstić information content (AvgIpc) is 3.13. The van der Waals surface area contributed by atoms with Gasteiger partial charge in [-0.2, -0.15) is 4.98 Å². The minimum atomic E-state index is 0.0388. The number of rotatable bonds is 5. The van der Waals surface area contributed by atoms with Gasteiger partial charge in [0.25, 0.3) is 5.89 Å². The SMILES string of the molecule is CCC1=CC(c2noc(-c3cnc(CC)c(CC)c3)n2)CC(C)=C1O. The zero-order chi connectivity index (χ0) is 18.0. The molecule has 5 nitrogen and oxygen atoms in total. The molecule has 5 heteroatoms. The number of aromatic nitrogens is 3. The van der Waals surface area contributed by atoms with Gasteiger partial charge in [-0.05, 0) is 55.4 Å². The third kappa shape index (κ3) is 3.36. The van der Waals surface area contributed by atoms with Gasteiger partial charge in [-0.15, -0.1) is 0 Å². The molecule has 0 spiro atoms. The summed E-state index contributed by atoms with van der Waals surface area (Å²) in [6.45, 7) is 8.22. The molecule has 0 amide bonds. The van der Waals surface area contributed by atoms with Gasteiger partial charge >= 0.3 is 0 Å². The van der Waals surface area contributed by atoms with Crippen LogP contribution < -0.4 is 0 Å². The molecule has 2 aromatic rings. The molecule has 1 unspecified atom stereocenters. The topological polar surface area (TPSA) is 72.0 Å². The van der Waals surface area contributed by atoms with Gasteiger partial charge in [0.1, 0.15) is 5.76 Å². The molecule has 0 saturated carbocycles. The van der Waals surface area contributed by atoms with E-state index >= 15 is 0 Å². The van der Waals surface area contributed by atoms with E-state index in [4.69, 9.17) is 4.52 Å². The Morgan fingerprint density at radius 1 is 1.20 bits per heavy atom. The van der Waals surface area contributed by atoms with Gasteiger partial charge in [0.2, 0.25) is 0 Å². The predicted molar refractivity (Wildman–Crippen MR) is 97.3 cm³/mol. The van der Waals surface area contributed by atoms with Crippen molar-refractivity contribution in [1.82, 2.24) is 15.1 Å². The molecule has 0 radical (unpaired) electrons. The van der Waals surface area contributed by atoms with Crippen LogP contribution in [0.4, 0.5) is 0 Å². The summed E-state index contributed by atoms with van der Waals surface area (Å²) in [5.74, 6) is 1.61. The highest BCUT2D eigenvalue weighted by molar-refractivity contribution is 5.53. The Labute approximate surface area is 148 Å². The molecule has 0 aromatic carbocycles. The smallest absolute Gasteiger partial charge is 0.259 e. The second-order valence-electron chi connectivity index (χ2n) is 6.48. The predicted octanol–water partition coefficient (Wildman–Crippen LogP) is 4.91. The van der Waals surface area contributed by atoms with E-state index in [-0.39, 0.29) is 5.92 Å². The quantitative estimate of drug-likeness (QED) is 0.837. The van der Waals surface area contributed by atoms with E-state index in [9.17, 15) is 5.11 Å². The van der Waals surface area contributed by atoms with E-state index in [1.54, 1.807) is 6.20 Å². The molecule has 132 valence electrons. The van der Waals surface area contributed by atoms with E-state index in [1.807, 2.05) is 19.9 Å². The Balaban J connectivity index is 1.90. The standard InChI is InChI=1S/C20H25N3O2/c1-5-13-9-16(11-21-17(13)7-3)20-22-19(23-25-20)15-8-12(4)18(24)14(6-2)10-15/h9-11,15,24H,5-8H2,1-4H3. The molecule has 1 N–H and O–H groups in total. The number of aliphatic hydroxyl groups excluding tert-OH is 1. The van der Waals surface area contributed by atoms with Crippen molar-refractivity contribution in [3.8, 4) is 11.5 Å². The molecule has 0 fully saturated rings. The number of pyridine rings is 1. The third-order valence-corrected chi connectivity index (χ3v) is 4.81. The summed E-state index contributed by atoms with van der Waals surface area (Å²) >= 11 is 0. The Morgan fingerprint density at radius 3 is 2.68 bits per heavy atom. The Morgan fingerprint density at radius 2 is 2.00 bits per heavy atom. The maximum atomic E-state index is 10.1. The van der Waals surface area contributed by atoms with Crippen LogP contribution in [0.3, 0.4) is 0 Å². The van der Waals surface area contributed by atoms with Crippen molar-refractivity contribution >= 4 is 0 Å². The molecule has 25 heavy (non-hydrogen) atoms. The lowest BCUT2D eigenvalue weighted by atomic mass is 9.88. The van der Waals surface area contributed by atoms with Gasteiger partial charge < -0.3 is 9.63 Å². The second-order valence-corrected chi connectivity index (χ2v) is 6.48. The molecule has 0 saturated heterocycles. The minimum Gasteiger partial charge on any atom is -0.508 e. The van der Waals surface area contributed by atoms with Gasteiger partial charge in [-0.3, -0.25) is 4.98 Å². The van der Waals surface area contributed by atoms with Crippen molar-refractivity contribution in [3.05, 3.63) is 52.3 Å². The molecule has 0 bridgehead atoms. The van der Waals surface area contributed by atoms with Crippen LogP contribution in [0.25, 0.3) is 11.5 Å². The van der Waals surface area contributed by atoms with Crippen molar-refractivity contribution in [2.45, 2.75) is 59.3 Å². The number of nitrogens with zero attached hydrogens (tertiary/aromatic N) is 3. The van der Waals surface area contributed by atoms with E-state index in [2.05, 4.69) is 35.0 Å². The van der Waals surface area contributed by atoms with Crippen LogP contribution in [0.5, 0.6) is 0 Å². The maximum Gasteiger partial charge on any atom is 0.259 e. The number of allylic oxidation sites excluding steroid dienone is 3. The monoisotopic (exact) mass is 339 g/mol. The fraction of sp³-hybridized carbons (Fsp3) is 0.450. The van der Waals surface area contributed by atoms with Crippen molar-refractivity contribution in [2.24, 2.45) is 0 Å². The molecule has 3 rings (SSSR count). The second kappa shape index (κ2) is 7.21. The lowest BCUT2D eigenvalue weighted by Crippen LogP contribution is -2.08. The fourth-order valence-electron chi connectivity index (χ4n) is 3.32. The zero-order valence-electron chi connectivity index (χ0n) is 15.3. The summed E-state index contributed by atoms with van der Waals surface area (Å²) in [7, 11) is 0. The average molecular weight is 339 g/mol. The number of aryl methyl sites for hydroxylation is 2. The summed E-state index contributed by atoms with van der Waals surface area (Å²) in [5.41, 5.74) is 5.11. The van der Waals surface area contributed by atoms with Gasteiger partial charge in [-0.1, -0.05) is 32.0 Å². The van der Waals surface area contributed by atoms with Gasteiger partial charge in [-0.25, -0.2) is 0 Å². The number of hydrogen-bond acceptors (Lipinski definition) is 5. The molecule has 1 atom stereocenters. The van der Waals surface area contributed by atoms with Crippen LogP contribution in [-0.2, 0) is 12.8 Å². The molecule has 2 aromatic heterocycles. The maximum absolute atomic E-state index is 10.1. The molecule has 1 aliphatic carbocycles. The zero-order valence-corrected chi connectivity index (χ0v) is 15.3. The van der Waals surface area contributed by atoms with Gasteiger partial charge in [0.05, 0.1) is 5.56 Å². The minimum absolute atomic E-state index is 0.0388. The number of hydrogen-bond donors (Lipinski definition) is 1. The van der Waals surface area contributed by atoms with Crippen molar-refractivity contribution in [2.75, 3.05) is 0 Å². The molecule has 2 heterocycles. The lowest BCUT2D eigenvalue weighted by Gasteiger charge is -2.19. The molecular weight excluding hydrogens is 314 g/mol. The third-order valence-electron chi connectivity index (χ3n) is 4.81. The molecule has 1 aliphatic rings. The summed E-state index contributed by atoms with van der Waals surface area (Å²) in [6, 6.07) is 2.09. The first-order valence-corrected chi connectivity index (χ1v) is 8.98. The van der Waals surface area contributed by atoms with Crippen molar-refractivity contribution in [1.29, 1.82) is 0 Å². The van der Waals surface area contributed by atoms with Crippen molar-refractivity contribution in [3.63, 3.8) is 0 Å². The fourth-order valence-corrected chi connectivity index (χ4v) is 3.32. The first-order chi connectivity index (χ1) is 12.1. The van der Waals surface area contributed by atoms with Crippen molar-refractivity contribution < 1.29 is 9.63 Å². The Hall–Kier alpha value is -2.43. The van der Waals surface area contributed by atoms with Crippen LogP contribution in [0.15, 0.2) is 39.8 Å². The first kappa shape index (κ1) is 17.4.